The van der Waals surface area contributed by atoms with E-state index in [2.05, 4.69) is 9.71 Å². The van der Waals surface area contributed by atoms with Gasteiger partial charge < -0.3 is 5.73 Å². The minimum atomic E-state index is -3.51. The van der Waals surface area contributed by atoms with E-state index < -0.39 is 10.0 Å². The molecule has 0 saturated heterocycles. The average Bonchev–Trinajstić information content (AvgIpc) is 2.85. The molecule has 2 aromatic heterocycles. The first kappa shape index (κ1) is 12.5. The van der Waals surface area contributed by atoms with Crippen molar-refractivity contribution in [2.75, 3.05) is 4.72 Å². The smallest absolute Gasteiger partial charge is 0.273 e. The Morgan fingerprint density at radius 3 is 2.76 bits per heavy atom. The van der Waals surface area contributed by atoms with Crippen LogP contribution >= 0.6 is 22.7 Å². The molecule has 3 N–H and O–H groups in total. The van der Waals surface area contributed by atoms with Crippen LogP contribution in [0.4, 0.5) is 5.13 Å². The third-order valence-electron chi connectivity index (χ3n) is 1.97. The SMILES string of the molecule is CC(N)c1csc(NS(=O)(=O)c2cccs2)n1. The van der Waals surface area contributed by atoms with Crippen molar-refractivity contribution >= 4 is 37.8 Å². The van der Waals surface area contributed by atoms with Crippen molar-refractivity contribution in [3.8, 4) is 0 Å². The van der Waals surface area contributed by atoms with Gasteiger partial charge in [-0.25, -0.2) is 13.4 Å². The predicted octanol–water partition coefficient (Wildman–Crippen LogP) is 2.03. The van der Waals surface area contributed by atoms with Crippen molar-refractivity contribution in [2.24, 2.45) is 5.73 Å². The number of nitrogens with two attached hydrogens (primary N) is 1. The zero-order valence-corrected chi connectivity index (χ0v) is 11.4. The summed E-state index contributed by atoms with van der Waals surface area (Å²) in [5, 5.41) is 3.80. The third-order valence-corrected chi connectivity index (χ3v) is 5.61. The quantitative estimate of drug-likeness (QED) is 0.901. The minimum Gasteiger partial charge on any atom is -0.323 e. The Hall–Kier alpha value is -0.960. The number of rotatable bonds is 4. The number of anilines is 1. The zero-order chi connectivity index (χ0) is 12.5. The molecule has 2 aromatic rings. The summed E-state index contributed by atoms with van der Waals surface area (Å²) < 4.78 is 26.5. The molecular formula is C9H11N3O2S3. The van der Waals surface area contributed by atoms with Gasteiger partial charge in [0.1, 0.15) is 4.21 Å². The van der Waals surface area contributed by atoms with Crippen LogP contribution in [0.2, 0.25) is 0 Å². The monoisotopic (exact) mass is 289 g/mol. The summed E-state index contributed by atoms with van der Waals surface area (Å²) in [5.41, 5.74) is 6.33. The standard InChI is InChI=1S/C9H11N3O2S3/c1-6(10)7-5-16-9(11-7)12-17(13,14)8-3-2-4-15-8/h2-6H,10H2,1H3,(H,11,12). The van der Waals surface area contributed by atoms with Gasteiger partial charge >= 0.3 is 0 Å². The van der Waals surface area contributed by atoms with Crippen LogP contribution in [0.3, 0.4) is 0 Å². The van der Waals surface area contributed by atoms with Gasteiger partial charge in [-0.1, -0.05) is 6.07 Å². The van der Waals surface area contributed by atoms with Gasteiger partial charge in [-0.15, -0.1) is 22.7 Å². The summed E-state index contributed by atoms with van der Waals surface area (Å²) >= 11 is 2.39. The van der Waals surface area contributed by atoms with E-state index >= 15 is 0 Å². The lowest BCUT2D eigenvalue weighted by Crippen LogP contribution is -2.12. The molecule has 2 heterocycles. The van der Waals surface area contributed by atoms with Crippen LogP contribution in [0.1, 0.15) is 18.7 Å². The zero-order valence-electron chi connectivity index (χ0n) is 8.95. The second-order valence-corrected chi connectivity index (χ2v) is 7.12. The first-order chi connectivity index (χ1) is 7.99. The van der Waals surface area contributed by atoms with Crippen molar-refractivity contribution < 1.29 is 8.42 Å². The Bertz CT molecular complexity index is 587. The number of thiophene rings is 1. The van der Waals surface area contributed by atoms with Crippen molar-refractivity contribution in [3.63, 3.8) is 0 Å². The maximum Gasteiger partial charge on any atom is 0.273 e. The van der Waals surface area contributed by atoms with Crippen molar-refractivity contribution in [1.29, 1.82) is 0 Å². The van der Waals surface area contributed by atoms with Gasteiger partial charge in [0.15, 0.2) is 5.13 Å². The van der Waals surface area contributed by atoms with Gasteiger partial charge in [-0.05, 0) is 18.4 Å². The van der Waals surface area contributed by atoms with Crippen LogP contribution in [0.15, 0.2) is 27.1 Å². The number of sulfonamides is 1. The number of nitrogens with one attached hydrogen (secondary N) is 1. The highest BCUT2D eigenvalue weighted by molar-refractivity contribution is 7.94. The summed E-state index contributed by atoms with van der Waals surface area (Å²) in [6.45, 7) is 1.80. The topological polar surface area (TPSA) is 85.1 Å². The molecule has 0 aliphatic heterocycles. The van der Waals surface area contributed by atoms with E-state index in [4.69, 9.17) is 5.73 Å². The molecule has 1 atom stereocenters. The Morgan fingerprint density at radius 2 is 2.24 bits per heavy atom. The molecule has 92 valence electrons. The highest BCUT2D eigenvalue weighted by Crippen LogP contribution is 2.24. The van der Waals surface area contributed by atoms with Gasteiger partial charge in [0.25, 0.3) is 10.0 Å². The van der Waals surface area contributed by atoms with Gasteiger partial charge in [0.2, 0.25) is 0 Å². The van der Waals surface area contributed by atoms with Gasteiger partial charge in [-0.2, -0.15) is 0 Å². The van der Waals surface area contributed by atoms with Crippen molar-refractivity contribution in [1.82, 2.24) is 4.98 Å². The average molecular weight is 289 g/mol. The van der Waals surface area contributed by atoms with E-state index in [9.17, 15) is 8.42 Å². The van der Waals surface area contributed by atoms with Crippen LogP contribution in [0.5, 0.6) is 0 Å². The maximum absolute atomic E-state index is 11.9. The largest absolute Gasteiger partial charge is 0.323 e. The van der Waals surface area contributed by atoms with E-state index in [0.29, 0.717) is 10.8 Å². The van der Waals surface area contributed by atoms with Crippen LogP contribution in [-0.2, 0) is 10.0 Å². The molecule has 1 unspecified atom stereocenters. The van der Waals surface area contributed by atoms with Crippen molar-refractivity contribution in [3.05, 3.63) is 28.6 Å². The third kappa shape index (κ3) is 2.83. The summed E-state index contributed by atoms with van der Waals surface area (Å²) in [6, 6.07) is 3.04. The maximum atomic E-state index is 11.9. The highest BCUT2D eigenvalue weighted by atomic mass is 32.2. The number of hydrogen-bond acceptors (Lipinski definition) is 6. The van der Waals surface area contributed by atoms with E-state index in [0.717, 1.165) is 11.3 Å². The van der Waals surface area contributed by atoms with Gasteiger partial charge in [0.05, 0.1) is 5.69 Å². The first-order valence-corrected chi connectivity index (χ1v) is 8.00. The molecule has 0 saturated carbocycles. The Labute approximate surface area is 107 Å². The lowest BCUT2D eigenvalue weighted by molar-refractivity contribution is 0.603. The molecule has 0 aromatic carbocycles. The lowest BCUT2D eigenvalue weighted by Gasteiger charge is -2.02. The van der Waals surface area contributed by atoms with Crippen molar-refractivity contribution in [2.45, 2.75) is 17.2 Å². The van der Waals surface area contributed by atoms with Crippen LogP contribution in [-0.4, -0.2) is 13.4 Å². The molecule has 8 heteroatoms. The summed E-state index contributed by atoms with van der Waals surface area (Å²) in [6.07, 6.45) is 0. The van der Waals surface area contributed by atoms with Gasteiger partial charge in [0, 0.05) is 11.4 Å². The molecule has 17 heavy (non-hydrogen) atoms. The molecule has 0 bridgehead atoms. The van der Waals surface area contributed by atoms with E-state index in [1.54, 1.807) is 29.8 Å². The minimum absolute atomic E-state index is 0.203. The number of aromatic nitrogens is 1. The molecular weight excluding hydrogens is 278 g/mol. The summed E-state index contributed by atoms with van der Waals surface area (Å²) in [4.78, 5) is 4.11. The van der Waals surface area contributed by atoms with E-state index in [1.807, 2.05) is 0 Å². The van der Waals surface area contributed by atoms with Crippen LogP contribution in [0.25, 0.3) is 0 Å². The molecule has 0 aliphatic carbocycles. The second-order valence-electron chi connectivity index (χ2n) is 3.40. The first-order valence-electron chi connectivity index (χ1n) is 4.76. The highest BCUT2D eigenvalue weighted by Gasteiger charge is 2.17. The molecule has 0 spiro atoms. The van der Waals surface area contributed by atoms with Crippen LogP contribution < -0.4 is 10.5 Å². The Kier molecular flexibility index (Phi) is 3.48. The molecule has 5 nitrogen and oxygen atoms in total. The Balaban J connectivity index is 2.21. The molecule has 0 radical (unpaired) electrons. The summed E-state index contributed by atoms with van der Waals surface area (Å²) in [5.74, 6) is 0. The number of hydrogen-bond donors (Lipinski definition) is 2. The normalized spacial score (nSPS) is 13.5. The van der Waals surface area contributed by atoms with Crippen LogP contribution in [0, 0.1) is 0 Å². The predicted molar refractivity (Wildman–Crippen MR) is 69.8 cm³/mol. The fourth-order valence-corrected chi connectivity index (χ4v) is 4.18. The summed E-state index contributed by atoms with van der Waals surface area (Å²) in [7, 11) is -3.51. The number of thiazole rings is 1. The van der Waals surface area contributed by atoms with E-state index in [-0.39, 0.29) is 10.3 Å². The molecule has 0 fully saturated rings. The lowest BCUT2D eigenvalue weighted by atomic mass is 10.3. The molecule has 0 amide bonds. The fourth-order valence-electron chi connectivity index (χ4n) is 1.12. The second kappa shape index (κ2) is 4.73. The number of nitrogens with zero attached hydrogens (tertiary/aromatic N) is 1. The fraction of sp³-hybridized carbons (Fsp3) is 0.222. The molecule has 2 rings (SSSR count). The molecule has 0 aliphatic rings. The van der Waals surface area contributed by atoms with E-state index in [1.165, 1.54) is 11.3 Å². The Morgan fingerprint density at radius 1 is 1.47 bits per heavy atom. The van der Waals surface area contributed by atoms with Gasteiger partial charge in [-0.3, -0.25) is 4.72 Å².